The number of nitrogen functional groups attached to an aromatic ring is 1. The highest BCUT2D eigenvalue weighted by Crippen LogP contribution is 2.61. The monoisotopic (exact) mass is 910 g/mol. The molecule has 3 aromatic heterocycles. The maximum Gasteiger partial charge on any atom is 0.386 e. The van der Waals surface area contributed by atoms with Crippen LogP contribution < -0.4 is 16.0 Å². The summed E-state index contributed by atoms with van der Waals surface area (Å²) in [5, 5.41) is 8.18. The Morgan fingerprint density at radius 3 is 2.28 bits per heavy atom. The number of ether oxygens (including phenoxy) is 2. The lowest BCUT2D eigenvalue weighted by Gasteiger charge is -2.47. The van der Waals surface area contributed by atoms with Crippen LogP contribution in [0.3, 0.4) is 0 Å². The van der Waals surface area contributed by atoms with Crippen molar-refractivity contribution in [1.29, 1.82) is 0 Å². The van der Waals surface area contributed by atoms with E-state index >= 15 is 0 Å². The molecule has 2 bridgehead atoms. The van der Waals surface area contributed by atoms with E-state index in [-0.39, 0.29) is 52.3 Å². The Kier molecular flexibility index (Phi) is 13.6. The average Bonchev–Trinajstić information content (AvgIpc) is 3.80. The lowest BCUT2D eigenvalue weighted by molar-refractivity contribution is -0.0549. The third-order valence-corrected chi connectivity index (χ3v) is 23.6. The van der Waals surface area contributed by atoms with E-state index in [0.717, 1.165) is 4.68 Å². The van der Waals surface area contributed by atoms with Crippen molar-refractivity contribution in [2.24, 2.45) is 5.92 Å². The van der Waals surface area contributed by atoms with Crippen LogP contribution in [-0.2, 0) is 40.5 Å². The molecule has 6 rings (SSSR count). The zero-order valence-electron chi connectivity index (χ0n) is 32.9. The molecule has 318 valence electrons. The van der Waals surface area contributed by atoms with Gasteiger partial charge in [0, 0.05) is 24.6 Å². The van der Waals surface area contributed by atoms with Crippen LogP contribution in [-0.4, -0.2) is 101 Å². The van der Waals surface area contributed by atoms with Crippen LogP contribution in [0.25, 0.3) is 11.2 Å². The minimum absolute atomic E-state index is 0.0770. The van der Waals surface area contributed by atoms with Crippen LogP contribution >= 0.6 is 38.1 Å². The summed E-state index contributed by atoms with van der Waals surface area (Å²) in [5.41, 5.74) is 4.06. The van der Waals surface area contributed by atoms with Gasteiger partial charge in [0.05, 0.1) is 19.3 Å². The molecule has 0 radical (unpaired) electrons. The van der Waals surface area contributed by atoms with Crippen molar-refractivity contribution in [3.05, 3.63) is 28.9 Å². The number of thiol groups is 2. The number of hydrogen-bond acceptors (Lipinski definition) is 18. The van der Waals surface area contributed by atoms with Gasteiger partial charge in [-0.2, -0.15) is 9.67 Å². The number of aromatic nitrogens is 7. The molecule has 3 fully saturated rings. The lowest BCUT2D eigenvalue weighted by Crippen LogP contribution is -2.62. The standard InChI is InChI=1S/C31H52N8O12P2S2Si2/c1-16(2)56(43,17(3)4)51-57(18(5)6,19(7)8)50-26-23-14-45-52(41,54)48-22-12-21(46-24-9-10-33-15-34-24)11-20(22)13-44-53(42,55)49-27(26)30(47-23)39-28-25(37-38-39)29(40)36-31(32)35-28/h9-10,15-23,26-27,30,43H,11-14H2,1-8H3,(H,41,54)(H,42,55)(H3,32,35,36,40)/t20-,21-,22+,23-,26-,27-,30-,52+,53-/m1/s1. The Hall–Kier alpha value is -1.77. The predicted molar refractivity (Wildman–Crippen MR) is 218 cm³/mol. The van der Waals surface area contributed by atoms with Gasteiger partial charge in [-0.1, -0.05) is 85.1 Å². The Bertz CT molecular complexity index is 2020. The van der Waals surface area contributed by atoms with Crippen LogP contribution in [0.15, 0.2) is 23.4 Å². The van der Waals surface area contributed by atoms with Gasteiger partial charge in [0.1, 0.15) is 30.7 Å². The van der Waals surface area contributed by atoms with Gasteiger partial charge < -0.3 is 33.1 Å². The highest BCUT2D eigenvalue weighted by molar-refractivity contribution is 8.44. The number of H-pyrrole nitrogens is 1. The first-order chi connectivity index (χ1) is 26.6. The molecule has 4 N–H and O–H groups in total. The number of anilines is 1. The SMILES string of the molecule is CC(C)[Si](O)(O[Si](O[C@H]1[C@H]2O[P@](=O)(S)OC[C@H]3C[C@@H](Oc4ccncn4)C[C@@H]3O[P@@](=O)(S)OC[C@H]1O[C@H]2n1nnc2c(=O)[nH]c(N)nc21)(C(C)C)C(C)C)C(C)C. The van der Waals surface area contributed by atoms with Crippen molar-refractivity contribution in [3.8, 4) is 5.88 Å². The molecular weight excluding hydrogens is 859 g/mol. The average molecular weight is 911 g/mol. The number of hydrogen-bond donors (Lipinski definition) is 5. The highest BCUT2D eigenvalue weighted by Gasteiger charge is 2.60. The Labute approximate surface area is 342 Å². The molecule has 0 aromatic carbocycles. The molecule has 0 unspecified atom stereocenters. The lowest BCUT2D eigenvalue weighted by atomic mass is 10.1. The number of nitrogens with one attached hydrogen (secondary N) is 1. The number of nitrogens with zero attached hydrogens (tertiary/aromatic N) is 6. The maximum absolute atomic E-state index is 14.4. The molecule has 26 heteroatoms. The highest BCUT2D eigenvalue weighted by atomic mass is 32.7. The molecule has 5 heterocycles. The van der Waals surface area contributed by atoms with Gasteiger partial charge >= 0.3 is 30.7 Å². The molecule has 2 saturated heterocycles. The number of aromatic amines is 1. The number of rotatable bonds is 11. The van der Waals surface area contributed by atoms with Crippen molar-refractivity contribution in [3.63, 3.8) is 0 Å². The first kappa shape index (κ1) is 44.8. The van der Waals surface area contributed by atoms with Crippen molar-refractivity contribution < 1.29 is 50.0 Å². The summed E-state index contributed by atoms with van der Waals surface area (Å²) in [5.74, 6) is -0.417. The van der Waals surface area contributed by atoms with E-state index in [1.54, 1.807) is 6.07 Å². The molecule has 20 nitrogen and oxygen atoms in total. The Morgan fingerprint density at radius 2 is 1.65 bits per heavy atom. The topological polar surface area (TPSA) is 256 Å². The quantitative estimate of drug-likeness (QED) is 0.0910. The minimum Gasteiger partial charge on any atom is -0.474 e. The third-order valence-electron chi connectivity index (χ3n) is 10.6. The third kappa shape index (κ3) is 9.59. The van der Waals surface area contributed by atoms with Gasteiger partial charge in [0.15, 0.2) is 17.4 Å². The first-order valence-corrected chi connectivity index (χ1v) is 28.1. The van der Waals surface area contributed by atoms with E-state index in [1.165, 1.54) is 12.5 Å². The first-order valence-electron chi connectivity index (χ1n) is 18.7. The van der Waals surface area contributed by atoms with Gasteiger partial charge in [0.25, 0.3) is 5.56 Å². The van der Waals surface area contributed by atoms with Crippen LogP contribution in [0.4, 0.5) is 5.95 Å². The van der Waals surface area contributed by atoms with Gasteiger partial charge in [-0.15, -0.1) is 5.10 Å². The molecule has 9 atom stereocenters. The summed E-state index contributed by atoms with van der Waals surface area (Å²) < 4.78 is 80.8. The van der Waals surface area contributed by atoms with Crippen LogP contribution in [0.5, 0.6) is 5.88 Å². The number of fused-ring (bicyclic) bond motifs is 4. The van der Waals surface area contributed by atoms with E-state index in [1.807, 2.05) is 55.4 Å². The van der Waals surface area contributed by atoms with Crippen LogP contribution in [0.2, 0.25) is 22.2 Å². The molecule has 0 spiro atoms. The summed E-state index contributed by atoms with van der Waals surface area (Å²) in [4.78, 5) is 39.7. The van der Waals surface area contributed by atoms with E-state index < -0.39 is 85.5 Å². The molecule has 3 aromatic rings. The van der Waals surface area contributed by atoms with Gasteiger partial charge in [-0.3, -0.25) is 23.3 Å². The van der Waals surface area contributed by atoms with E-state index in [2.05, 4.69) is 54.7 Å². The molecule has 0 amide bonds. The zero-order chi connectivity index (χ0) is 41.7. The van der Waals surface area contributed by atoms with Gasteiger partial charge in [0.2, 0.25) is 11.8 Å². The van der Waals surface area contributed by atoms with Crippen molar-refractivity contribution in [2.75, 3.05) is 18.9 Å². The fraction of sp³-hybridized carbons (Fsp3) is 0.742. The van der Waals surface area contributed by atoms with E-state index in [4.69, 9.17) is 41.8 Å². The summed E-state index contributed by atoms with van der Waals surface area (Å²) in [6.07, 6.45) is -2.93. The van der Waals surface area contributed by atoms with Crippen LogP contribution in [0.1, 0.15) is 74.5 Å². The Morgan fingerprint density at radius 1 is 0.982 bits per heavy atom. The summed E-state index contributed by atoms with van der Waals surface area (Å²) in [7, 11) is -7.11. The Balaban J connectivity index is 1.43. The smallest absolute Gasteiger partial charge is 0.386 e. The van der Waals surface area contributed by atoms with Gasteiger partial charge in [-0.05, 0) is 28.6 Å². The summed E-state index contributed by atoms with van der Waals surface area (Å²) in [6, 6.07) is 1.60. The van der Waals surface area contributed by atoms with Crippen molar-refractivity contribution in [2.45, 2.75) is 127 Å². The minimum atomic E-state index is -4.36. The fourth-order valence-electron chi connectivity index (χ4n) is 7.59. The largest absolute Gasteiger partial charge is 0.474 e. The number of nitrogens with two attached hydrogens (primary N) is 1. The molecule has 2 aliphatic heterocycles. The van der Waals surface area contributed by atoms with Gasteiger partial charge in [-0.25, -0.2) is 19.1 Å². The summed E-state index contributed by atoms with van der Waals surface area (Å²) >= 11 is 8.78. The van der Waals surface area contributed by atoms with Crippen LogP contribution in [0, 0.1) is 5.92 Å². The normalized spacial score (nSPS) is 31.8. The second-order valence-corrected chi connectivity index (χ2v) is 30.1. The zero-order valence-corrected chi connectivity index (χ0v) is 38.5. The van der Waals surface area contributed by atoms with Crippen molar-refractivity contribution >= 4 is 72.3 Å². The molecule has 1 saturated carbocycles. The molecular formula is C31H52N8O12P2S2Si2. The van der Waals surface area contributed by atoms with E-state index in [9.17, 15) is 18.7 Å². The molecule has 1 aliphatic carbocycles. The fourth-order valence-corrected chi connectivity index (χ4v) is 20.6. The maximum atomic E-state index is 14.4. The van der Waals surface area contributed by atoms with E-state index in [0.29, 0.717) is 12.3 Å². The van der Waals surface area contributed by atoms with Crippen molar-refractivity contribution in [1.82, 2.24) is 34.9 Å². The predicted octanol–water partition coefficient (Wildman–Crippen LogP) is 5.45. The summed E-state index contributed by atoms with van der Waals surface area (Å²) in [6.45, 7) is 6.26. The second kappa shape index (κ2) is 17.3. The molecule has 57 heavy (non-hydrogen) atoms. The molecule has 3 aliphatic rings. The second-order valence-electron chi connectivity index (χ2n) is 15.8.